The largest absolute Gasteiger partial charge is 0.457 e. The zero-order chi connectivity index (χ0) is 72.1. The fourth-order valence-electron chi connectivity index (χ4n) is 18.5. The molecule has 5 aliphatic rings. The Balaban J connectivity index is 0.626. The minimum absolute atomic E-state index is 0.377. The average molecular weight is 1390 g/mol. The molecule has 8 nitrogen and oxygen atoms in total. The minimum atomic E-state index is -0.704. The van der Waals surface area contributed by atoms with E-state index >= 15 is 0 Å². The Morgan fingerprint density at radius 3 is 1.07 bits per heavy atom. The van der Waals surface area contributed by atoms with Crippen LogP contribution in [0.1, 0.15) is 69.5 Å². The van der Waals surface area contributed by atoms with Gasteiger partial charge in [0.2, 0.25) is 0 Å². The van der Waals surface area contributed by atoms with Crippen LogP contribution in [-0.2, 0) is 16.2 Å². The molecule has 2 aliphatic heterocycles. The van der Waals surface area contributed by atoms with Gasteiger partial charge in [-0.1, -0.05) is 323 Å². The molecule has 0 amide bonds. The summed E-state index contributed by atoms with van der Waals surface area (Å²) in [6, 6.07) is 126. The molecule has 3 aliphatic carbocycles. The summed E-state index contributed by atoms with van der Waals surface area (Å²) < 4.78 is 14.1. The first-order valence-corrected chi connectivity index (χ1v) is 37.2. The van der Waals surface area contributed by atoms with Gasteiger partial charge in [0, 0.05) is 61.0 Å². The lowest BCUT2D eigenvalue weighted by Crippen LogP contribution is -2.32. The van der Waals surface area contributed by atoms with Crippen LogP contribution in [0.5, 0.6) is 23.0 Å². The number of para-hydroxylation sites is 2. The van der Waals surface area contributed by atoms with Gasteiger partial charge in [0.15, 0.2) is 34.9 Å². The number of rotatable bonds is 9. The summed E-state index contributed by atoms with van der Waals surface area (Å²) in [5, 5.41) is 0. The van der Waals surface area contributed by atoms with E-state index in [1.54, 1.807) is 0 Å². The second-order valence-corrected chi connectivity index (χ2v) is 29.5. The normalized spacial score (nSPS) is 14.8. The van der Waals surface area contributed by atoms with Crippen molar-refractivity contribution < 1.29 is 9.47 Å². The third-order valence-electron chi connectivity index (χ3n) is 23.4. The lowest BCUT2D eigenvalue weighted by molar-refractivity contribution is 0.436. The van der Waals surface area contributed by atoms with Crippen molar-refractivity contribution in [2.45, 2.75) is 30.1 Å². The highest BCUT2D eigenvalue weighted by atomic mass is 16.5. The molecule has 0 radical (unpaired) electrons. The van der Waals surface area contributed by atoms with E-state index < -0.39 is 10.8 Å². The summed E-state index contributed by atoms with van der Waals surface area (Å²) in [6.45, 7) is 4.70. The van der Waals surface area contributed by atoms with E-state index in [0.29, 0.717) is 34.9 Å². The number of aromatic nitrogens is 6. The van der Waals surface area contributed by atoms with Crippen LogP contribution in [0, 0.1) is 0 Å². The van der Waals surface area contributed by atoms with Gasteiger partial charge in [-0.25, -0.2) is 29.9 Å². The van der Waals surface area contributed by atoms with Crippen LogP contribution in [0.4, 0.5) is 0 Å². The SMILES string of the molecule is CC1(C)c2cc(-c3nc(-c4ccccc4)nc(-c4cccc(-c5ccc6c(c5)Oc5ccccc5C65c6ccccc6-c6ccccc65)c4)n3)ccc2-c2c(-c3ccc4c(c3)-c3ccccc3C43c4ccccc4Oc4cc(-c5ccccc5-c5nc(-c6ccccc6)nc(-c6ccccc6)n5)ccc43)cccc21. The maximum atomic E-state index is 7.15. The summed E-state index contributed by atoms with van der Waals surface area (Å²) >= 11 is 0. The Morgan fingerprint density at radius 2 is 0.523 bits per heavy atom. The maximum Gasteiger partial charge on any atom is 0.164 e. The molecule has 22 rings (SSSR count). The summed E-state index contributed by atoms with van der Waals surface area (Å²) in [5.74, 6) is 6.91. The van der Waals surface area contributed by atoms with E-state index in [9.17, 15) is 0 Å². The highest BCUT2D eigenvalue weighted by Crippen LogP contribution is 2.65. The molecular formula is C101H64N6O2. The molecule has 1 unspecified atom stereocenters. The Kier molecular flexibility index (Phi) is 13.7. The molecule has 0 bridgehead atoms. The van der Waals surface area contributed by atoms with Gasteiger partial charge in [0.25, 0.3) is 0 Å². The van der Waals surface area contributed by atoms with E-state index in [4.69, 9.17) is 39.4 Å². The number of benzene rings is 15. The van der Waals surface area contributed by atoms with E-state index in [0.717, 1.165) is 106 Å². The topological polar surface area (TPSA) is 95.8 Å². The number of ether oxygens (including phenoxy) is 2. The van der Waals surface area contributed by atoms with Gasteiger partial charge < -0.3 is 9.47 Å². The van der Waals surface area contributed by atoms with Crippen LogP contribution in [0.3, 0.4) is 0 Å². The van der Waals surface area contributed by atoms with Crippen LogP contribution in [-0.4, -0.2) is 29.9 Å². The lowest BCUT2D eigenvalue weighted by atomic mass is 9.66. The standard InChI is InChI=1S/C101H64N6O2/c1-99(2)86-45-25-39-71(66-50-53-81-77(57-66)74-37-16-19-42-80(74)101(81)83-44-21-23-47-89(83)109-91-60-67(51-55-85(91)101)70-34-12-13-38-75(70)98-106-94(62-28-8-4-9-29-62)102-95(107-98)63-30-10-5-11-31-63)92(86)76-52-48-69(58-87(76)99)97-104-93(61-26-6-3-7-27-61)103-96(105-97)68-33-24-32-64(56-68)65-49-54-84-90(59-65)108-88-46-22-20-43-82(88)100(84)78-40-17-14-35-72(78)73-36-15-18-41-79(73)100/h3-60H,1-2H3. The van der Waals surface area contributed by atoms with Crippen molar-refractivity contribution in [1.82, 2.24) is 29.9 Å². The Morgan fingerprint density at radius 1 is 0.183 bits per heavy atom. The van der Waals surface area contributed by atoms with Crippen LogP contribution in [0.25, 0.3) is 135 Å². The van der Waals surface area contributed by atoms with E-state index in [2.05, 4.69) is 287 Å². The lowest BCUT2D eigenvalue weighted by Gasteiger charge is -2.39. The van der Waals surface area contributed by atoms with Crippen molar-refractivity contribution in [3.8, 4) is 158 Å². The first-order valence-electron chi connectivity index (χ1n) is 37.2. The third kappa shape index (κ3) is 9.31. The molecule has 2 spiro atoms. The average Bonchev–Trinajstić information content (AvgIpc) is 1.56. The quantitative estimate of drug-likeness (QED) is 0.141. The molecule has 2 aromatic heterocycles. The summed E-state index contributed by atoms with van der Waals surface area (Å²) in [4.78, 5) is 31.4. The molecule has 0 fully saturated rings. The maximum absolute atomic E-state index is 7.15. The highest BCUT2D eigenvalue weighted by molar-refractivity contribution is 5.98. The molecule has 17 aromatic rings. The van der Waals surface area contributed by atoms with Gasteiger partial charge in [0.1, 0.15) is 23.0 Å². The monoisotopic (exact) mass is 1390 g/mol. The van der Waals surface area contributed by atoms with Crippen molar-refractivity contribution >= 4 is 0 Å². The van der Waals surface area contributed by atoms with Gasteiger partial charge in [-0.2, -0.15) is 0 Å². The predicted octanol–water partition coefficient (Wildman–Crippen LogP) is 24.3. The number of fused-ring (bicyclic) bond motifs is 21. The van der Waals surface area contributed by atoms with E-state index in [1.165, 1.54) is 72.3 Å². The molecule has 109 heavy (non-hydrogen) atoms. The Hall–Kier alpha value is -14.1. The molecular weight excluding hydrogens is 1330 g/mol. The summed E-state index contributed by atoms with van der Waals surface area (Å²) in [7, 11) is 0. The van der Waals surface area contributed by atoms with Crippen molar-refractivity contribution in [3.63, 3.8) is 0 Å². The van der Waals surface area contributed by atoms with Crippen molar-refractivity contribution in [2.24, 2.45) is 0 Å². The van der Waals surface area contributed by atoms with E-state index in [1.807, 2.05) is 78.9 Å². The summed E-state index contributed by atoms with van der Waals surface area (Å²) in [5.41, 5.74) is 29.3. The van der Waals surface area contributed by atoms with Crippen LogP contribution in [0.15, 0.2) is 352 Å². The first kappa shape index (κ1) is 62.3. The van der Waals surface area contributed by atoms with Gasteiger partial charge in [-0.05, 0) is 143 Å². The van der Waals surface area contributed by atoms with Crippen molar-refractivity contribution in [1.29, 1.82) is 0 Å². The predicted molar refractivity (Wildman–Crippen MR) is 434 cm³/mol. The van der Waals surface area contributed by atoms with Crippen LogP contribution < -0.4 is 9.47 Å². The van der Waals surface area contributed by atoms with Crippen molar-refractivity contribution in [3.05, 3.63) is 407 Å². The number of nitrogens with zero attached hydrogens (tertiary/aromatic N) is 6. The molecule has 0 saturated heterocycles. The summed E-state index contributed by atoms with van der Waals surface area (Å²) in [6.07, 6.45) is 0. The molecule has 15 aromatic carbocycles. The molecule has 8 heteroatoms. The van der Waals surface area contributed by atoms with Crippen molar-refractivity contribution in [2.75, 3.05) is 0 Å². The molecule has 0 N–H and O–H groups in total. The smallest absolute Gasteiger partial charge is 0.164 e. The second-order valence-electron chi connectivity index (χ2n) is 29.5. The minimum Gasteiger partial charge on any atom is -0.457 e. The van der Waals surface area contributed by atoms with Gasteiger partial charge in [-0.3, -0.25) is 0 Å². The molecule has 1 atom stereocenters. The Labute approximate surface area is 631 Å². The fraction of sp³-hybridized carbons (Fsp3) is 0.0495. The van der Waals surface area contributed by atoms with Gasteiger partial charge in [-0.15, -0.1) is 0 Å². The number of hydrogen-bond donors (Lipinski definition) is 0. The van der Waals surface area contributed by atoms with Gasteiger partial charge in [0.05, 0.1) is 10.8 Å². The molecule has 0 saturated carbocycles. The Bertz CT molecular complexity index is 6570. The second kappa shape index (κ2) is 24.0. The van der Waals surface area contributed by atoms with Gasteiger partial charge >= 0.3 is 0 Å². The number of hydrogen-bond acceptors (Lipinski definition) is 8. The van der Waals surface area contributed by atoms with E-state index in [-0.39, 0.29) is 5.41 Å². The zero-order valence-corrected chi connectivity index (χ0v) is 59.5. The fourth-order valence-corrected chi connectivity index (χ4v) is 18.5. The molecule has 4 heterocycles. The zero-order valence-electron chi connectivity index (χ0n) is 59.5. The third-order valence-corrected chi connectivity index (χ3v) is 23.4. The van der Waals surface area contributed by atoms with Crippen LogP contribution in [0.2, 0.25) is 0 Å². The van der Waals surface area contributed by atoms with Crippen LogP contribution >= 0.6 is 0 Å². The first-order chi connectivity index (χ1) is 53.7. The molecule has 510 valence electrons. The highest BCUT2D eigenvalue weighted by Gasteiger charge is 2.53.